The van der Waals surface area contributed by atoms with Gasteiger partial charge in [-0.3, -0.25) is 10.1 Å². The Morgan fingerprint density at radius 2 is 2.30 bits per heavy atom. The average Bonchev–Trinajstić information content (AvgIpc) is 1.88. The maximum Gasteiger partial charge on any atom is 0.270 e. The largest absolute Gasteiger partial charge is 0.270 e. The van der Waals surface area contributed by atoms with Crippen LogP contribution in [0.1, 0.15) is 5.56 Å². The third-order valence-corrected chi connectivity index (χ3v) is 1.13. The van der Waals surface area contributed by atoms with E-state index in [1.807, 2.05) is 0 Å². The van der Waals surface area contributed by atoms with Crippen molar-refractivity contribution < 1.29 is 4.92 Å². The molecule has 0 atom stereocenters. The number of nitrogens with zero attached hydrogens (tertiary/aromatic N) is 1. The van der Waals surface area contributed by atoms with E-state index in [2.05, 4.69) is 6.07 Å². The van der Waals surface area contributed by atoms with Gasteiger partial charge in [-0.2, -0.15) is 0 Å². The Bertz CT molecular complexity index is 258. The SMILES string of the molecule is Cc1c[c]cc([N+](=O)[O-])c1. The van der Waals surface area contributed by atoms with Crippen molar-refractivity contribution in [1.82, 2.24) is 0 Å². The molecule has 10 heavy (non-hydrogen) atoms. The fourth-order valence-electron chi connectivity index (χ4n) is 0.680. The number of aryl methyl sites for hydroxylation is 1. The summed E-state index contributed by atoms with van der Waals surface area (Å²) >= 11 is 0. The number of non-ortho nitro benzene ring substituents is 1. The molecule has 1 aromatic carbocycles. The fraction of sp³-hybridized carbons (Fsp3) is 0.143. The Hall–Kier alpha value is -1.38. The predicted octanol–water partition coefficient (Wildman–Crippen LogP) is 1.70. The van der Waals surface area contributed by atoms with Crippen molar-refractivity contribution in [3.63, 3.8) is 0 Å². The van der Waals surface area contributed by atoms with Crippen LogP contribution in [0.2, 0.25) is 0 Å². The van der Waals surface area contributed by atoms with Crippen molar-refractivity contribution in [3.05, 3.63) is 39.9 Å². The van der Waals surface area contributed by atoms with E-state index in [0.29, 0.717) is 0 Å². The van der Waals surface area contributed by atoms with Crippen molar-refractivity contribution >= 4 is 5.69 Å². The number of nitro benzene ring substituents is 1. The summed E-state index contributed by atoms with van der Waals surface area (Å²) in [5, 5.41) is 10.1. The minimum Gasteiger partial charge on any atom is -0.258 e. The zero-order valence-corrected chi connectivity index (χ0v) is 5.50. The van der Waals surface area contributed by atoms with E-state index in [9.17, 15) is 10.1 Å². The standard InChI is InChI=1S/C7H6NO2/c1-6-3-2-4-7(5-6)8(9)10/h3-5H,1H3. The van der Waals surface area contributed by atoms with Crippen molar-refractivity contribution in [3.8, 4) is 0 Å². The lowest BCUT2D eigenvalue weighted by molar-refractivity contribution is -0.384. The highest BCUT2D eigenvalue weighted by atomic mass is 16.6. The first-order valence-corrected chi connectivity index (χ1v) is 2.82. The first-order valence-electron chi connectivity index (χ1n) is 2.82. The number of rotatable bonds is 1. The first kappa shape index (κ1) is 6.74. The lowest BCUT2D eigenvalue weighted by atomic mass is 10.2. The normalized spacial score (nSPS) is 9.30. The van der Waals surface area contributed by atoms with Gasteiger partial charge in [0.15, 0.2) is 0 Å². The Labute approximate surface area is 58.4 Å². The summed E-state index contributed by atoms with van der Waals surface area (Å²) < 4.78 is 0. The van der Waals surface area contributed by atoms with Crippen LogP contribution in [-0.4, -0.2) is 4.92 Å². The van der Waals surface area contributed by atoms with E-state index in [1.165, 1.54) is 12.1 Å². The second-order valence-electron chi connectivity index (χ2n) is 2.03. The van der Waals surface area contributed by atoms with Gasteiger partial charge in [-0.05, 0) is 18.6 Å². The molecule has 0 heterocycles. The van der Waals surface area contributed by atoms with Gasteiger partial charge in [0.05, 0.1) is 4.92 Å². The summed E-state index contributed by atoms with van der Waals surface area (Å²) in [6, 6.07) is 7.23. The van der Waals surface area contributed by atoms with Gasteiger partial charge in [-0.15, -0.1) is 0 Å². The molecule has 0 unspecified atom stereocenters. The molecule has 3 nitrogen and oxygen atoms in total. The lowest BCUT2D eigenvalue weighted by Crippen LogP contribution is -1.87. The lowest BCUT2D eigenvalue weighted by Gasteiger charge is -1.90. The molecular formula is C7H6NO2. The second-order valence-corrected chi connectivity index (χ2v) is 2.03. The molecule has 0 aliphatic heterocycles. The van der Waals surface area contributed by atoms with Gasteiger partial charge in [-0.25, -0.2) is 0 Å². The maximum atomic E-state index is 10.1. The molecule has 0 spiro atoms. The molecule has 0 aliphatic rings. The molecule has 1 aromatic rings. The van der Waals surface area contributed by atoms with Crippen LogP contribution in [-0.2, 0) is 0 Å². The molecule has 3 heteroatoms. The van der Waals surface area contributed by atoms with Crippen LogP contribution < -0.4 is 0 Å². The number of nitro groups is 1. The van der Waals surface area contributed by atoms with Crippen molar-refractivity contribution in [2.24, 2.45) is 0 Å². The van der Waals surface area contributed by atoms with Gasteiger partial charge < -0.3 is 0 Å². The Kier molecular flexibility index (Phi) is 1.67. The van der Waals surface area contributed by atoms with Gasteiger partial charge in [0.2, 0.25) is 0 Å². The van der Waals surface area contributed by atoms with Crippen LogP contribution >= 0.6 is 0 Å². The average molecular weight is 136 g/mol. The molecule has 1 rings (SSSR count). The molecular weight excluding hydrogens is 130 g/mol. The monoisotopic (exact) mass is 136 g/mol. The third kappa shape index (κ3) is 1.31. The van der Waals surface area contributed by atoms with Crippen LogP contribution in [0, 0.1) is 23.1 Å². The fourth-order valence-corrected chi connectivity index (χ4v) is 0.680. The summed E-state index contributed by atoms with van der Waals surface area (Å²) in [6.45, 7) is 1.80. The van der Waals surface area contributed by atoms with Crippen LogP contribution in [0.25, 0.3) is 0 Å². The summed E-state index contributed by atoms with van der Waals surface area (Å²) in [5.41, 5.74) is 0.953. The summed E-state index contributed by atoms with van der Waals surface area (Å²) in [7, 11) is 0. The van der Waals surface area contributed by atoms with E-state index >= 15 is 0 Å². The van der Waals surface area contributed by atoms with Gasteiger partial charge >= 0.3 is 0 Å². The van der Waals surface area contributed by atoms with Crippen molar-refractivity contribution in [2.75, 3.05) is 0 Å². The molecule has 0 saturated heterocycles. The second kappa shape index (κ2) is 2.47. The first-order chi connectivity index (χ1) is 4.70. The van der Waals surface area contributed by atoms with E-state index < -0.39 is 4.92 Å². The molecule has 1 radical (unpaired) electrons. The van der Waals surface area contributed by atoms with Gasteiger partial charge in [0.25, 0.3) is 5.69 Å². The van der Waals surface area contributed by atoms with E-state index in [0.717, 1.165) is 5.56 Å². The van der Waals surface area contributed by atoms with Crippen molar-refractivity contribution in [2.45, 2.75) is 6.92 Å². The smallest absolute Gasteiger partial charge is 0.258 e. The highest BCUT2D eigenvalue weighted by Crippen LogP contribution is 2.10. The quantitative estimate of drug-likeness (QED) is 0.435. The predicted molar refractivity (Wildman–Crippen MR) is 36.7 cm³/mol. The summed E-state index contributed by atoms with van der Waals surface area (Å²) in [4.78, 5) is 9.71. The Balaban J connectivity index is 3.07. The molecule has 51 valence electrons. The van der Waals surface area contributed by atoms with E-state index in [4.69, 9.17) is 0 Å². The highest BCUT2D eigenvalue weighted by Gasteiger charge is 2.01. The highest BCUT2D eigenvalue weighted by molar-refractivity contribution is 5.32. The van der Waals surface area contributed by atoms with Crippen LogP contribution in [0.5, 0.6) is 0 Å². The molecule has 0 fully saturated rings. The number of hydrogen-bond donors (Lipinski definition) is 0. The molecule has 0 aliphatic carbocycles. The molecule has 0 bridgehead atoms. The maximum absolute atomic E-state index is 10.1. The van der Waals surface area contributed by atoms with Gasteiger partial charge in [0.1, 0.15) is 0 Å². The third-order valence-electron chi connectivity index (χ3n) is 1.13. The minimum absolute atomic E-state index is 0.0972. The topological polar surface area (TPSA) is 43.1 Å². The number of benzene rings is 1. The van der Waals surface area contributed by atoms with Crippen LogP contribution in [0.4, 0.5) is 5.69 Å². The minimum atomic E-state index is -0.427. The van der Waals surface area contributed by atoms with E-state index in [1.54, 1.807) is 13.0 Å². The van der Waals surface area contributed by atoms with Crippen LogP contribution in [0.3, 0.4) is 0 Å². The Morgan fingerprint density at radius 1 is 1.60 bits per heavy atom. The van der Waals surface area contributed by atoms with Crippen LogP contribution in [0.15, 0.2) is 18.2 Å². The van der Waals surface area contributed by atoms with Gasteiger partial charge in [0, 0.05) is 12.1 Å². The van der Waals surface area contributed by atoms with E-state index in [-0.39, 0.29) is 5.69 Å². The molecule has 0 saturated carbocycles. The zero-order valence-electron chi connectivity index (χ0n) is 5.50. The zero-order chi connectivity index (χ0) is 7.56. The molecule has 0 amide bonds. The van der Waals surface area contributed by atoms with Crippen molar-refractivity contribution in [1.29, 1.82) is 0 Å². The molecule has 0 aromatic heterocycles. The Morgan fingerprint density at radius 3 is 2.70 bits per heavy atom. The van der Waals surface area contributed by atoms with Gasteiger partial charge in [-0.1, -0.05) is 6.07 Å². The summed E-state index contributed by atoms with van der Waals surface area (Å²) in [6.07, 6.45) is 0. The number of hydrogen-bond acceptors (Lipinski definition) is 2. The summed E-state index contributed by atoms with van der Waals surface area (Å²) in [5.74, 6) is 0. The molecule has 0 N–H and O–H groups in total.